The first-order valence-corrected chi connectivity index (χ1v) is 0. The number of halogens is 1. The zero-order valence-electron chi connectivity index (χ0n) is 1.26. The van der Waals surface area contributed by atoms with Gasteiger partial charge in [-0.05, 0) is 0 Å². The second kappa shape index (κ2) is 21.6. The van der Waals surface area contributed by atoms with Gasteiger partial charge < -0.3 is 5.48 Å². The van der Waals surface area contributed by atoms with E-state index in [0.717, 1.165) is 0 Å². The summed E-state index contributed by atoms with van der Waals surface area (Å²) in [6.07, 6.45) is 0. The summed E-state index contributed by atoms with van der Waals surface area (Å²) in [5.41, 5.74) is 0. The molecule has 0 aromatic heterocycles. The Labute approximate surface area is 64.0 Å². The van der Waals surface area contributed by atoms with Crippen molar-refractivity contribution in [2.45, 2.75) is 0 Å². The van der Waals surface area contributed by atoms with Gasteiger partial charge in [-0.1, -0.05) is 0 Å². The van der Waals surface area contributed by atoms with Crippen LogP contribution in [0.25, 0.3) is 0 Å². The van der Waals surface area contributed by atoms with Crippen LogP contribution in [0.5, 0.6) is 0 Å². The van der Waals surface area contributed by atoms with Gasteiger partial charge in [0.15, 0.2) is 0 Å². The zero-order valence-corrected chi connectivity index (χ0v) is 3.18. The van der Waals surface area contributed by atoms with E-state index in [9.17, 15) is 0 Å². The molecule has 0 atom stereocenters. The van der Waals surface area contributed by atoms with Crippen LogP contribution >= 0.6 is 12.4 Å². The minimum atomic E-state index is 0. The first kappa shape index (κ1) is 41.9. The summed E-state index contributed by atoms with van der Waals surface area (Å²) in [5.74, 6) is 0. The summed E-state index contributed by atoms with van der Waals surface area (Å²) in [5, 5.41) is 0. The van der Waals surface area contributed by atoms with Crippen molar-refractivity contribution in [1.82, 2.24) is 0 Å². The monoisotopic (exact) mass is 134 g/mol. The van der Waals surface area contributed by atoms with Crippen LogP contribution in [-0.2, 0) is 17.1 Å². The average molecular weight is 134 g/mol. The second-order valence-corrected chi connectivity index (χ2v) is 0. The van der Waals surface area contributed by atoms with Gasteiger partial charge in [-0.15, -0.1) is 12.4 Å². The Bertz CT molecular complexity index is 8.00. The molecule has 1 nitrogen and oxygen atoms in total. The van der Waals surface area contributed by atoms with Gasteiger partial charge in [0.1, 0.15) is 0 Å². The van der Waals surface area contributed by atoms with E-state index in [1.54, 1.807) is 0 Å². The van der Waals surface area contributed by atoms with E-state index in [0.29, 0.717) is 0 Å². The van der Waals surface area contributed by atoms with Crippen LogP contribution in [0.2, 0.25) is 0 Å². The SMILES string of the molecule is Cl.O.[Fe].[NaH]. The Kier molecular flexibility index (Phi) is 227. The van der Waals surface area contributed by atoms with Crippen molar-refractivity contribution in [2.24, 2.45) is 0 Å². The average Bonchev–Trinajstić information content (AvgIpc) is 0. The molecule has 0 amide bonds. The normalized spacial score (nSPS) is 0. The van der Waals surface area contributed by atoms with E-state index in [1.165, 1.54) is 0 Å². The first-order valence-electron chi connectivity index (χ1n) is 0. The van der Waals surface area contributed by atoms with E-state index >= 15 is 0 Å². The van der Waals surface area contributed by atoms with Crippen molar-refractivity contribution >= 4 is 42.0 Å². The summed E-state index contributed by atoms with van der Waals surface area (Å²) >= 11 is 0. The van der Waals surface area contributed by atoms with Crippen molar-refractivity contribution in [1.29, 1.82) is 0 Å². The zero-order chi connectivity index (χ0) is 0. The molecule has 0 aromatic carbocycles. The second-order valence-electron chi connectivity index (χ2n) is 0. The Morgan fingerprint density at radius 2 is 1.00 bits per heavy atom. The molecule has 0 rings (SSSR count). The van der Waals surface area contributed by atoms with Crippen molar-refractivity contribution in [3.05, 3.63) is 0 Å². The molecule has 4 heavy (non-hydrogen) atoms. The molecule has 2 N–H and O–H groups in total. The first-order chi connectivity index (χ1) is 0. The van der Waals surface area contributed by atoms with Gasteiger partial charge in [0.25, 0.3) is 0 Å². The molecular weight excluding hydrogens is 130 g/mol. The molecule has 0 unspecified atom stereocenters. The molecule has 0 spiro atoms. The van der Waals surface area contributed by atoms with Gasteiger partial charge in [-0.3, -0.25) is 0 Å². The fourth-order valence-electron chi connectivity index (χ4n) is 0. The quantitative estimate of drug-likeness (QED) is 0.379. The Morgan fingerprint density at radius 1 is 1.00 bits per heavy atom. The van der Waals surface area contributed by atoms with Crippen LogP contribution in [0.3, 0.4) is 0 Å². The van der Waals surface area contributed by atoms with Crippen LogP contribution in [0, 0.1) is 0 Å². The maximum absolute atomic E-state index is 0. The topological polar surface area (TPSA) is 31.5 Å². The summed E-state index contributed by atoms with van der Waals surface area (Å²) in [4.78, 5) is 0. The van der Waals surface area contributed by atoms with E-state index in [1.807, 2.05) is 0 Å². The van der Waals surface area contributed by atoms with Gasteiger partial charge in [0.05, 0.1) is 0 Å². The van der Waals surface area contributed by atoms with Crippen LogP contribution in [-0.4, -0.2) is 35.0 Å². The molecule has 0 heterocycles. The van der Waals surface area contributed by atoms with Crippen LogP contribution in [0.1, 0.15) is 0 Å². The summed E-state index contributed by atoms with van der Waals surface area (Å²) in [7, 11) is 0. The summed E-state index contributed by atoms with van der Waals surface area (Å²) in [6.45, 7) is 0. The van der Waals surface area contributed by atoms with Crippen LogP contribution in [0.4, 0.5) is 0 Å². The third-order valence-electron chi connectivity index (χ3n) is 0. The van der Waals surface area contributed by atoms with E-state index in [-0.39, 0.29) is 64.5 Å². The molecule has 26 valence electrons. The van der Waals surface area contributed by atoms with E-state index in [4.69, 9.17) is 0 Å². The number of rotatable bonds is 0. The Morgan fingerprint density at radius 3 is 1.00 bits per heavy atom. The van der Waals surface area contributed by atoms with Crippen LogP contribution < -0.4 is 0 Å². The molecule has 0 radical (unpaired) electrons. The fraction of sp³-hybridized carbons (Fsp3) is 0. The van der Waals surface area contributed by atoms with Crippen molar-refractivity contribution in [3.8, 4) is 0 Å². The van der Waals surface area contributed by atoms with Gasteiger partial charge in [-0.2, -0.15) is 0 Å². The third kappa shape index (κ3) is 9.23. The molecule has 4 heteroatoms. The molecular formula is H4ClFeNaO. The number of hydrogen-bond donors (Lipinski definition) is 0. The summed E-state index contributed by atoms with van der Waals surface area (Å²) in [6, 6.07) is 0. The number of hydrogen-bond acceptors (Lipinski definition) is 0. The predicted octanol–water partition coefficient (Wildman–Crippen LogP) is -1.05. The van der Waals surface area contributed by atoms with Gasteiger partial charge in [0.2, 0.25) is 0 Å². The molecule has 0 aliphatic carbocycles. The van der Waals surface area contributed by atoms with Crippen molar-refractivity contribution in [2.75, 3.05) is 0 Å². The fourth-order valence-corrected chi connectivity index (χ4v) is 0. The predicted molar refractivity (Wildman–Crippen MR) is 18.0 cm³/mol. The van der Waals surface area contributed by atoms with Gasteiger partial charge in [-0.25, -0.2) is 0 Å². The summed E-state index contributed by atoms with van der Waals surface area (Å²) < 4.78 is 0. The third-order valence-corrected chi connectivity index (χ3v) is 0. The Hall–Kier alpha value is 1.77. The molecule has 0 saturated heterocycles. The minimum absolute atomic E-state index is 0. The maximum atomic E-state index is 0. The van der Waals surface area contributed by atoms with Gasteiger partial charge in [0, 0.05) is 17.1 Å². The van der Waals surface area contributed by atoms with Crippen molar-refractivity contribution in [3.63, 3.8) is 0 Å². The molecule has 0 bridgehead atoms. The van der Waals surface area contributed by atoms with Crippen molar-refractivity contribution < 1.29 is 22.5 Å². The van der Waals surface area contributed by atoms with Crippen LogP contribution in [0.15, 0.2) is 0 Å². The standard InChI is InChI=1S/ClH.Fe.Na.H2O.H/h1H;;;1H2;. The van der Waals surface area contributed by atoms with E-state index in [2.05, 4.69) is 0 Å². The molecule has 0 aromatic rings. The molecule has 0 fully saturated rings. The van der Waals surface area contributed by atoms with E-state index < -0.39 is 0 Å². The molecule has 0 aliphatic heterocycles. The molecule has 0 aliphatic rings. The molecule has 0 saturated carbocycles. The Balaban J connectivity index is 0. The van der Waals surface area contributed by atoms with Gasteiger partial charge >= 0.3 is 29.6 Å².